The molecule has 0 bridgehead atoms. The third-order valence-corrected chi connectivity index (χ3v) is 4.04. The molecule has 2 atom stereocenters. The lowest BCUT2D eigenvalue weighted by Gasteiger charge is -2.37. The molecule has 3 rings (SSSR count). The Hall–Kier alpha value is -1.77. The molecule has 100 valence electrons. The highest BCUT2D eigenvalue weighted by Gasteiger charge is 2.23. The second kappa shape index (κ2) is 4.72. The molecule has 1 fully saturated rings. The number of pyridine rings is 1. The summed E-state index contributed by atoms with van der Waals surface area (Å²) in [5, 5.41) is 2.28. The molecule has 2 heterocycles. The van der Waals surface area contributed by atoms with E-state index >= 15 is 0 Å². The summed E-state index contributed by atoms with van der Waals surface area (Å²) in [4.78, 5) is 6.75. The van der Waals surface area contributed by atoms with Gasteiger partial charge in [0, 0.05) is 47.6 Å². The summed E-state index contributed by atoms with van der Waals surface area (Å²) < 4.78 is 0. The van der Waals surface area contributed by atoms with Gasteiger partial charge in [-0.25, -0.2) is 0 Å². The van der Waals surface area contributed by atoms with Crippen molar-refractivity contribution in [2.45, 2.75) is 20.3 Å². The van der Waals surface area contributed by atoms with Gasteiger partial charge >= 0.3 is 0 Å². The summed E-state index contributed by atoms with van der Waals surface area (Å²) >= 11 is 0. The number of piperidine rings is 1. The van der Waals surface area contributed by atoms with Gasteiger partial charge in [-0.2, -0.15) is 0 Å². The molecule has 0 spiro atoms. The molecule has 3 nitrogen and oxygen atoms in total. The first-order chi connectivity index (χ1) is 9.15. The van der Waals surface area contributed by atoms with Gasteiger partial charge in [0.15, 0.2) is 0 Å². The Labute approximate surface area is 114 Å². The lowest BCUT2D eigenvalue weighted by molar-refractivity contribution is 0.357. The topological polar surface area (TPSA) is 42.1 Å². The average Bonchev–Trinajstić information content (AvgIpc) is 2.38. The zero-order valence-electron chi connectivity index (χ0n) is 11.6. The van der Waals surface area contributed by atoms with Crippen molar-refractivity contribution in [3.05, 3.63) is 30.6 Å². The molecule has 2 aromatic rings. The first kappa shape index (κ1) is 12.3. The third-order valence-electron chi connectivity index (χ3n) is 4.04. The Morgan fingerprint density at radius 2 is 1.84 bits per heavy atom. The number of fused-ring (bicyclic) bond motifs is 1. The van der Waals surface area contributed by atoms with Crippen LogP contribution in [0.1, 0.15) is 20.3 Å². The second-order valence-electron chi connectivity index (χ2n) is 5.95. The Morgan fingerprint density at radius 1 is 1.11 bits per heavy atom. The number of hydrogen-bond acceptors (Lipinski definition) is 3. The van der Waals surface area contributed by atoms with E-state index in [0.29, 0.717) is 0 Å². The number of nitrogens with zero attached hydrogens (tertiary/aromatic N) is 2. The molecule has 2 N–H and O–H groups in total. The molecule has 0 saturated carbocycles. The number of anilines is 2. The van der Waals surface area contributed by atoms with Gasteiger partial charge in [-0.3, -0.25) is 4.98 Å². The van der Waals surface area contributed by atoms with E-state index in [9.17, 15) is 0 Å². The number of hydrogen-bond donors (Lipinski definition) is 1. The maximum absolute atomic E-state index is 6.06. The molecule has 1 aromatic heterocycles. The van der Waals surface area contributed by atoms with E-state index in [4.69, 9.17) is 5.73 Å². The second-order valence-corrected chi connectivity index (χ2v) is 5.95. The highest BCUT2D eigenvalue weighted by atomic mass is 15.1. The fourth-order valence-corrected chi connectivity index (χ4v) is 3.33. The van der Waals surface area contributed by atoms with Crippen molar-refractivity contribution in [2.75, 3.05) is 23.7 Å². The monoisotopic (exact) mass is 255 g/mol. The summed E-state index contributed by atoms with van der Waals surface area (Å²) in [6, 6.07) is 6.16. The van der Waals surface area contributed by atoms with Crippen LogP contribution in [-0.4, -0.2) is 18.1 Å². The molecule has 2 unspecified atom stereocenters. The number of nitrogens with two attached hydrogens (primary N) is 1. The maximum atomic E-state index is 6.06. The van der Waals surface area contributed by atoms with Crippen molar-refractivity contribution in [1.82, 2.24) is 4.98 Å². The normalized spacial score (nSPS) is 23.8. The molecule has 3 heteroatoms. The van der Waals surface area contributed by atoms with Crippen LogP contribution >= 0.6 is 0 Å². The SMILES string of the molecule is CC1CC(C)CN(c2ccc(N)c3ccncc23)C1. The summed E-state index contributed by atoms with van der Waals surface area (Å²) in [6.07, 6.45) is 5.07. The fourth-order valence-electron chi connectivity index (χ4n) is 3.33. The van der Waals surface area contributed by atoms with Gasteiger partial charge in [0.05, 0.1) is 0 Å². The maximum Gasteiger partial charge on any atom is 0.0463 e. The molecule has 19 heavy (non-hydrogen) atoms. The van der Waals surface area contributed by atoms with Crippen LogP contribution in [0.2, 0.25) is 0 Å². The van der Waals surface area contributed by atoms with E-state index in [1.165, 1.54) is 17.5 Å². The largest absolute Gasteiger partial charge is 0.398 e. The minimum atomic E-state index is 0.744. The summed E-state index contributed by atoms with van der Waals surface area (Å²) in [6.45, 7) is 6.91. The van der Waals surface area contributed by atoms with Gasteiger partial charge < -0.3 is 10.6 Å². The molecule has 1 aliphatic rings. The van der Waals surface area contributed by atoms with E-state index in [-0.39, 0.29) is 0 Å². The average molecular weight is 255 g/mol. The summed E-state index contributed by atoms with van der Waals surface area (Å²) in [7, 11) is 0. The minimum Gasteiger partial charge on any atom is -0.398 e. The van der Waals surface area contributed by atoms with Gasteiger partial charge in [0.1, 0.15) is 0 Å². The first-order valence-corrected chi connectivity index (χ1v) is 7.02. The molecular weight excluding hydrogens is 234 g/mol. The highest BCUT2D eigenvalue weighted by Crippen LogP contribution is 2.33. The third kappa shape index (κ3) is 2.25. The lowest BCUT2D eigenvalue weighted by atomic mass is 9.91. The number of rotatable bonds is 1. The van der Waals surface area contributed by atoms with Crippen LogP contribution in [-0.2, 0) is 0 Å². The van der Waals surface area contributed by atoms with Gasteiger partial charge in [-0.15, -0.1) is 0 Å². The lowest BCUT2D eigenvalue weighted by Crippen LogP contribution is -2.38. The first-order valence-electron chi connectivity index (χ1n) is 7.02. The van der Waals surface area contributed by atoms with Crippen molar-refractivity contribution in [3.8, 4) is 0 Å². The summed E-state index contributed by atoms with van der Waals surface area (Å²) in [5.74, 6) is 1.49. The molecule has 0 amide bonds. The van der Waals surface area contributed by atoms with Gasteiger partial charge in [-0.05, 0) is 36.5 Å². The Bertz CT molecular complexity index is 584. The van der Waals surface area contributed by atoms with Crippen LogP contribution in [0.15, 0.2) is 30.6 Å². The molecular formula is C16H21N3. The molecule has 1 saturated heterocycles. The fraction of sp³-hybridized carbons (Fsp3) is 0.438. The number of benzene rings is 1. The number of aromatic nitrogens is 1. The van der Waals surface area contributed by atoms with Crippen LogP contribution < -0.4 is 10.6 Å². The van der Waals surface area contributed by atoms with Crippen molar-refractivity contribution < 1.29 is 0 Å². The van der Waals surface area contributed by atoms with E-state index in [2.05, 4.69) is 29.8 Å². The zero-order valence-corrected chi connectivity index (χ0v) is 11.6. The number of nitrogen functional groups attached to an aromatic ring is 1. The summed E-state index contributed by atoms with van der Waals surface area (Å²) in [5.41, 5.74) is 8.17. The van der Waals surface area contributed by atoms with Gasteiger partial charge in [0.2, 0.25) is 0 Å². The van der Waals surface area contributed by atoms with E-state index < -0.39 is 0 Å². The van der Waals surface area contributed by atoms with Gasteiger partial charge in [-0.1, -0.05) is 13.8 Å². The Morgan fingerprint density at radius 3 is 2.58 bits per heavy atom. The van der Waals surface area contributed by atoms with Crippen molar-refractivity contribution >= 4 is 22.1 Å². The smallest absolute Gasteiger partial charge is 0.0463 e. The minimum absolute atomic E-state index is 0.744. The molecule has 0 radical (unpaired) electrons. The van der Waals surface area contributed by atoms with Crippen LogP contribution in [0.3, 0.4) is 0 Å². The predicted molar refractivity (Wildman–Crippen MR) is 81.3 cm³/mol. The molecule has 0 aliphatic carbocycles. The zero-order chi connectivity index (χ0) is 13.4. The van der Waals surface area contributed by atoms with Crippen LogP contribution in [0, 0.1) is 11.8 Å². The highest BCUT2D eigenvalue weighted by molar-refractivity contribution is 6.00. The van der Waals surface area contributed by atoms with Crippen molar-refractivity contribution in [2.24, 2.45) is 11.8 Å². The molecule has 1 aliphatic heterocycles. The van der Waals surface area contributed by atoms with Crippen LogP contribution in [0.4, 0.5) is 11.4 Å². The Balaban J connectivity index is 2.07. The van der Waals surface area contributed by atoms with Crippen molar-refractivity contribution in [3.63, 3.8) is 0 Å². The molecule has 1 aromatic carbocycles. The van der Waals surface area contributed by atoms with Crippen molar-refractivity contribution in [1.29, 1.82) is 0 Å². The van der Waals surface area contributed by atoms with Crippen LogP contribution in [0.5, 0.6) is 0 Å². The van der Waals surface area contributed by atoms with E-state index in [1.54, 1.807) is 0 Å². The van der Waals surface area contributed by atoms with E-state index in [1.807, 2.05) is 24.5 Å². The quantitative estimate of drug-likeness (QED) is 0.795. The van der Waals surface area contributed by atoms with Gasteiger partial charge in [0.25, 0.3) is 0 Å². The van der Waals surface area contributed by atoms with E-state index in [0.717, 1.165) is 36.0 Å². The standard InChI is InChI=1S/C16H21N3/c1-11-7-12(2)10-19(9-11)16-4-3-15(17)13-5-6-18-8-14(13)16/h3-6,8,11-12H,7,9-10,17H2,1-2H3. The van der Waals surface area contributed by atoms with Crippen LogP contribution in [0.25, 0.3) is 10.8 Å². The predicted octanol–water partition coefficient (Wildman–Crippen LogP) is 3.30. The Kier molecular flexibility index (Phi) is 3.05.